The largest absolute Gasteiger partial charge is 0.456 e. The summed E-state index contributed by atoms with van der Waals surface area (Å²) in [4.78, 5) is 20.6. The van der Waals surface area contributed by atoms with Gasteiger partial charge in [0.05, 0.1) is 5.39 Å². The average Bonchev–Trinajstić information content (AvgIpc) is 3.94. The van der Waals surface area contributed by atoms with Crippen LogP contribution < -0.4 is 0 Å². The lowest BCUT2D eigenvalue weighted by molar-refractivity contribution is 0.622. The van der Waals surface area contributed by atoms with Gasteiger partial charge in [-0.2, -0.15) is 0 Å². The Kier molecular flexibility index (Phi) is 7.74. The highest BCUT2D eigenvalue weighted by atomic mass is 16.4. The van der Waals surface area contributed by atoms with Crippen molar-refractivity contribution in [3.8, 4) is 67.9 Å². The molecule has 3 heterocycles. The first-order valence-electron chi connectivity index (χ1n) is 20.0. The third-order valence-corrected chi connectivity index (χ3v) is 11.3. The van der Waals surface area contributed by atoms with Gasteiger partial charge in [-0.25, -0.2) is 19.9 Å². The third kappa shape index (κ3) is 5.73. The van der Waals surface area contributed by atoms with Gasteiger partial charge in [0.1, 0.15) is 16.7 Å². The first-order chi connectivity index (χ1) is 29.7. The van der Waals surface area contributed by atoms with E-state index in [0.29, 0.717) is 28.9 Å². The van der Waals surface area contributed by atoms with E-state index in [0.717, 1.165) is 93.5 Å². The molecule has 0 bridgehead atoms. The standard InChI is InChI=1S/C54H32N4O2/c1-4-12-33(13-5-1)39-24-26-42(43(31-39)35-15-6-2-7-16-35)53-57-51(40-22-20-34-14-10-11-19-38(34)30-40)56-52(58-53)41-23-21-36-25-28-46-48(44(36)32-41)49-47(59-46)29-27-45-50(49)60-54(55-45)37-17-8-3-9-18-37/h1-32H. The Morgan fingerprint density at radius 1 is 0.317 bits per heavy atom. The number of hydrogen-bond acceptors (Lipinski definition) is 6. The molecule has 9 aromatic carbocycles. The quantitative estimate of drug-likeness (QED) is 0.168. The Hall–Kier alpha value is -8.22. The number of benzene rings is 9. The zero-order valence-electron chi connectivity index (χ0n) is 32.1. The number of furan rings is 1. The molecule has 12 aromatic rings. The maximum Gasteiger partial charge on any atom is 0.227 e. The molecule has 0 aliphatic carbocycles. The van der Waals surface area contributed by atoms with Crippen LogP contribution in [0.3, 0.4) is 0 Å². The summed E-state index contributed by atoms with van der Waals surface area (Å²) < 4.78 is 13.0. The van der Waals surface area contributed by atoms with Crippen molar-refractivity contribution < 1.29 is 8.83 Å². The minimum absolute atomic E-state index is 0.567. The molecule has 0 saturated carbocycles. The van der Waals surface area contributed by atoms with Gasteiger partial charge in [-0.15, -0.1) is 0 Å². The molecule has 0 spiro atoms. The lowest BCUT2D eigenvalue weighted by Crippen LogP contribution is -2.01. The Balaban J connectivity index is 1.09. The molecule has 0 radical (unpaired) electrons. The van der Waals surface area contributed by atoms with Gasteiger partial charge >= 0.3 is 0 Å². The summed E-state index contributed by atoms with van der Waals surface area (Å²) in [6, 6.07) is 66.6. The first kappa shape index (κ1) is 33.9. The highest BCUT2D eigenvalue weighted by molar-refractivity contribution is 6.25. The second-order valence-electron chi connectivity index (χ2n) is 15.0. The minimum atomic E-state index is 0.567. The van der Waals surface area contributed by atoms with Crippen LogP contribution >= 0.6 is 0 Å². The maximum absolute atomic E-state index is 6.54. The van der Waals surface area contributed by atoms with Crippen molar-refractivity contribution in [2.24, 2.45) is 0 Å². The van der Waals surface area contributed by atoms with E-state index >= 15 is 0 Å². The molecule has 0 fully saturated rings. The van der Waals surface area contributed by atoms with E-state index in [2.05, 4.69) is 133 Å². The van der Waals surface area contributed by atoms with Gasteiger partial charge in [0.15, 0.2) is 23.1 Å². The van der Waals surface area contributed by atoms with E-state index in [9.17, 15) is 0 Å². The molecular weight excluding hydrogens is 737 g/mol. The fourth-order valence-corrected chi connectivity index (χ4v) is 8.39. The van der Waals surface area contributed by atoms with E-state index in [-0.39, 0.29) is 0 Å². The Labute approximate surface area is 344 Å². The minimum Gasteiger partial charge on any atom is -0.456 e. The highest BCUT2D eigenvalue weighted by Gasteiger charge is 2.21. The van der Waals surface area contributed by atoms with Gasteiger partial charge in [0, 0.05) is 27.6 Å². The topological polar surface area (TPSA) is 77.8 Å². The second kappa shape index (κ2) is 13.7. The fraction of sp³-hybridized carbons (Fsp3) is 0. The Bertz CT molecular complexity index is 3600. The van der Waals surface area contributed by atoms with E-state index in [1.165, 1.54) is 0 Å². The molecule has 0 aliphatic rings. The van der Waals surface area contributed by atoms with Crippen LogP contribution in [0.2, 0.25) is 0 Å². The first-order valence-corrected chi connectivity index (χ1v) is 20.0. The number of rotatable bonds is 6. The summed E-state index contributed by atoms with van der Waals surface area (Å²) in [5.74, 6) is 2.32. The van der Waals surface area contributed by atoms with Crippen LogP contribution in [0, 0.1) is 0 Å². The third-order valence-electron chi connectivity index (χ3n) is 11.3. The average molecular weight is 769 g/mol. The summed E-state index contributed by atoms with van der Waals surface area (Å²) >= 11 is 0. The van der Waals surface area contributed by atoms with Crippen molar-refractivity contribution in [2.45, 2.75) is 0 Å². The van der Waals surface area contributed by atoms with Gasteiger partial charge in [0.2, 0.25) is 5.89 Å². The van der Waals surface area contributed by atoms with Crippen molar-refractivity contribution in [1.29, 1.82) is 0 Å². The molecule has 0 saturated heterocycles. The molecule has 6 heteroatoms. The van der Waals surface area contributed by atoms with Gasteiger partial charge in [-0.05, 0) is 98.4 Å². The van der Waals surface area contributed by atoms with Crippen molar-refractivity contribution >= 4 is 54.6 Å². The highest BCUT2D eigenvalue weighted by Crippen LogP contribution is 2.42. The van der Waals surface area contributed by atoms with Gasteiger partial charge in [0.25, 0.3) is 0 Å². The fourth-order valence-electron chi connectivity index (χ4n) is 8.39. The van der Waals surface area contributed by atoms with Crippen LogP contribution in [0.1, 0.15) is 0 Å². The molecule has 280 valence electrons. The number of hydrogen-bond donors (Lipinski definition) is 0. The molecule has 0 N–H and O–H groups in total. The Morgan fingerprint density at radius 2 is 0.900 bits per heavy atom. The summed E-state index contributed by atoms with van der Waals surface area (Å²) in [5.41, 5.74) is 10.9. The van der Waals surface area contributed by atoms with Crippen LogP contribution in [0.4, 0.5) is 0 Å². The molecular formula is C54H32N4O2. The van der Waals surface area contributed by atoms with Gasteiger partial charge in [-0.3, -0.25) is 0 Å². The summed E-state index contributed by atoms with van der Waals surface area (Å²) in [5, 5.41) is 6.17. The second-order valence-corrected chi connectivity index (χ2v) is 15.0. The molecule has 0 aliphatic heterocycles. The van der Waals surface area contributed by atoms with Crippen LogP contribution in [0.5, 0.6) is 0 Å². The molecule has 0 amide bonds. The van der Waals surface area contributed by atoms with Crippen molar-refractivity contribution in [2.75, 3.05) is 0 Å². The number of oxazole rings is 1. The van der Waals surface area contributed by atoms with Crippen LogP contribution in [0.15, 0.2) is 203 Å². The monoisotopic (exact) mass is 768 g/mol. The van der Waals surface area contributed by atoms with Crippen molar-refractivity contribution in [3.05, 3.63) is 194 Å². The zero-order chi connectivity index (χ0) is 39.6. The molecule has 12 rings (SSSR count). The zero-order valence-corrected chi connectivity index (χ0v) is 32.1. The van der Waals surface area contributed by atoms with Crippen LogP contribution in [-0.2, 0) is 0 Å². The van der Waals surface area contributed by atoms with Gasteiger partial charge < -0.3 is 8.83 Å². The molecule has 0 atom stereocenters. The summed E-state index contributed by atoms with van der Waals surface area (Å²) in [7, 11) is 0. The molecule has 0 unspecified atom stereocenters. The summed E-state index contributed by atoms with van der Waals surface area (Å²) in [6.45, 7) is 0. The lowest BCUT2D eigenvalue weighted by Gasteiger charge is -2.14. The van der Waals surface area contributed by atoms with Gasteiger partial charge in [-0.1, -0.05) is 140 Å². The maximum atomic E-state index is 6.54. The van der Waals surface area contributed by atoms with Crippen LogP contribution in [0.25, 0.3) is 122 Å². The van der Waals surface area contributed by atoms with Crippen molar-refractivity contribution in [1.82, 2.24) is 19.9 Å². The van der Waals surface area contributed by atoms with E-state index in [1.54, 1.807) is 0 Å². The normalized spacial score (nSPS) is 11.7. The van der Waals surface area contributed by atoms with Crippen molar-refractivity contribution in [3.63, 3.8) is 0 Å². The predicted molar refractivity (Wildman–Crippen MR) is 242 cm³/mol. The molecule has 60 heavy (non-hydrogen) atoms. The molecule has 6 nitrogen and oxygen atoms in total. The van der Waals surface area contributed by atoms with E-state index in [1.807, 2.05) is 60.7 Å². The number of aromatic nitrogens is 4. The van der Waals surface area contributed by atoms with Crippen LogP contribution in [-0.4, -0.2) is 19.9 Å². The lowest BCUT2D eigenvalue weighted by atomic mass is 9.94. The predicted octanol–water partition coefficient (Wildman–Crippen LogP) is 14.2. The summed E-state index contributed by atoms with van der Waals surface area (Å²) in [6.07, 6.45) is 0. The number of nitrogens with zero attached hydrogens (tertiary/aromatic N) is 4. The van der Waals surface area contributed by atoms with E-state index in [4.69, 9.17) is 28.8 Å². The Morgan fingerprint density at radius 3 is 1.67 bits per heavy atom. The smallest absolute Gasteiger partial charge is 0.227 e. The molecule has 3 aromatic heterocycles. The van der Waals surface area contributed by atoms with E-state index < -0.39 is 0 Å². The SMILES string of the molecule is c1ccc(-c2ccc(-c3nc(-c4ccc5ccccc5c4)nc(-c4ccc5ccc6oc7ccc8nc(-c9ccccc9)oc8c7c6c5c4)n3)c(-c3ccccc3)c2)cc1. The number of fused-ring (bicyclic) bond motifs is 8.